The first kappa shape index (κ1) is 34.0. The Morgan fingerprint density at radius 3 is 2.29 bits per heavy atom. The molecule has 0 aliphatic heterocycles. The number of carbonyl (C=O) groups excluding carboxylic acids is 1. The predicted octanol–water partition coefficient (Wildman–Crippen LogP) is 5.72. The topological polar surface area (TPSA) is 158 Å². The van der Waals surface area contributed by atoms with Crippen LogP contribution in [0.3, 0.4) is 0 Å². The number of aliphatic carboxylic acids is 1. The number of nitrogens with two attached hydrogens (primary N) is 2. The van der Waals surface area contributed by atoms with Crippen LogP contribution in [0, 0.1) is 0 Å². The lowest BCUT2D eigenvalue weighted by molar-refractivity contribution is -0.138. The summed E-state index contributed by atoms with van der Waals surface area (Å²) in [6.45, 7) is 4.96. The van der Waals surface area contributed by atoms with E-state index in [4.69, 9.17) is 65.7 Å². The number of carboxylic acids is 1. The van der Waals surface area contributed by atoms with Crippen molar-refractivity contribution in [1.29, 1.82) is 0 Å². The zero-order valence-electron chi connectivity index (χ0n) is 19.1. The summed E-state index contributed by atoms with van der Waals surface area (Å²) in [6, 6.07) is 7.52. The van der Waals surface area contributed by atoms with E-state index >= 15 is 0 Å². The molecule has 6 N–H and O–H groups in total. The summed E-state index contributed by atoms with van der Waals surface area (Å²) in [6.07, 6.45) is 1.54. The maximum atomic E-state index is 10.1. The van der Waals surface area contributed by atoms with E-state index in [-0.39, 0.29) is 18.8 Å². The molecule has 35 heavy (non-hydrogen) atoms. The lowest BCUT2D eigenvalue weighted by Gasteiger charge is -2.19. The highest BCUT2D eigenvalue weighted by Crippen LogP contribution is 2.62. The summed E-state index contributed by atoms with van der Waals surface area (Å²) in [5, 5.41) is 18.6. The zero-order chi connectivity index (χ0) is 26.9. The van der Waals surface area contributed by atoms with Crippen molar-refractivity contribution in [2.75, 3.05) is 18.3 Å². The first-order valence-electron chi connectivity index (χ1n) is 10.0. The summed E-state index contributed by atoms with van der Waals surface area (Å²) < 4.78 is 15.5. The maximum absolute atomic E-state index is 10.1. The van der Waals surface area contributed by atoms with Crippen LogP contribution in [-0.2, 0) is 30.4 Å². The first-order chi connectivity index (χ1) is 16.4. The summed E-state index contributed by atoms with van der Waals surface area (Å²) in [5.41, 5.74) is 7.58. The van der Waals surface area contributed by atoms with Crippen LogP contribution in [0.4, 0.5) is 0 Å². The highest BCUT2D eigenvalue weighted by atomic mass is 35.5. The molecule has 0 aliphatic carbocycles. The predicted molar refractivity (Wildman–Crippen MR) is 147 cm³/mol. The fraction of sp³-hybridized carbons (Fsp3) is 0.400. The van der Waals surface area contributed by atoms with Gasteiger partial charge in [-0.05, 0) is 56.3 Å². The number of hydrogen-bond donors (Lipinski definition) is 4. The molecule has 0 unspecified atom stereocenters. The van der Waals surface area contributed by atoms with E-state index in [0.29, 0.717) is 23.3 Å². The summed E-state index contributed by atoms with van der Waals surface area (Å²) in [7, 11) is 0. The molecule has 2 rings (SSSR count). The minimum atomic E-state index is -2.23. The third-order valence-electron chi connectivity index (χ3n) is 3.42. The number of halogens is 2. The lowest BCUT2D eigenvalue weighted by atomic mass is 10.2. The van der Waals surface area contributed by atoms with Crippen LogP contribution in [-0.4, -0.2) is 46.4 Å². The standard InChI is InChI=1S/C11H15Cl2O2PS3.C5H10N2O3.C4H4O2/c1-3-14-16(17,15-4-2)19-8-18-11-7-9(12)5-6-10(11)13;6-3(5(9)10)1-2-4(7)8;5-4-2-1-3-6-4/h5-7H,3-4,8H2,1-2H3;3H,1-2,6H2,(H2,7,8)(H,9,10);1-3,5H/t;3-;/m.0./s1. The average molecular weight is 608 g/mol. The van der Waals surface area contributed by atoms with Gasteiger partial charge in [0.1, 0.15) is 6.04 Å². The Labute approximate surface area is 228 Å². The molecular weight excluding hydrogens is 578 g/mol. The molecule has 0 saturated heterocycles. The number of benzene rings is 1. The Balaban J connectivity index is 0.000000596. The molecule has 0 bridgehead atoms. The number of thioether (sulfide) groups is 1. The third-order valence-corrected chi connectivity index (χ3v) is 11.2. The number of furan rings is 1. The van der Waals surface area contributed by atoms with Crippen LogP contribution in [0.25, 0.3) is 0 Å². The number of carbonyl (C=O) groups is 2. The molecule has 1 heterocycles. The van der Waals surface area contributed by atoms with Gasteiger partial charge in [0, 0.05) is 22.4 Å². The molecule has 1 aromatic carbocycles. The fourth-order valence-corrected chi connectivity index (χ4v) is 9.40. The smallest absolute Gasteiger partial charge is 0.320 e. The third kappa shape index (κ3) is 17.2. The molecule has 198 valence electrons. The highest BCUT2D eigenvalue weighted by Gasteiger charge is 2.19. The van der Waals surface area contributed by atoms with Crippen molar-refractivity contribution in [1.82, 2.24) is 0 Å². The van der Waals surface area contributed by atoms with Gasteiger partial charge in [-0.25, -0.2) is 0 Å². The Hall–Kier alpha value is -0.950. The van der Waals surface area contributed by atoms with Crippen molar-refractivity contribution >= 4 is 75.7 Å². The molecule has 0 fully saturated rings. The van der Waals surface area contributed by atoms with Crippen molar-refractivity contribution < 1.29 is 33.3 Å². The van der Waals surface area contributed by atoms with E-state index in [1.807, 2.05) is 19.9 Å². The molecule has 0 radical (unpaired) electrons. The summed E-state index contributed by atoms with van der Waals surface area (Å²) in [4.78, 5) is 21.1. The molecule has 0 spiro atoms. The van der Waals surface area contributed by atoms with Gasteiger partial charge in [-0.1, -0.05) is 34.6 Å². The Morgan fingerprint density at radius 1 is 1.23 bits per heavy atom. The van der Waals surface area contributed by atoms with Crippen molar-refractivity contribution in [2.24, 2.45) is 11.5 Å². The monoisotopic (exact) mass is 606 g/mol. The molecule has 15 heteroatoms. The number of hydrogen-bond acceptors (Lipinski definition) is 10. The minimum Gasteiger partial charge on any atom is -0.481 e. The number of carboxylic acid groups (broad SMARTS) is 1. The average Bonchev–Trinajstić information content (AvgIpc) is 3.26. The van der Waals surface area contributed by atoms with Gasteiger partial charge >= 0.3 is 5.97 Å². The molecule has 0 saturated carbocycles. The van der Waals surface area contributed by atoms with Gasteiger partial charge in [-0.15, -0.1) is 11.8 Å². The van der Waals surface area contributed by atoms with Gasteiger partial charge in [-0.2, -0.15) is 0 Å². The van der Waals surface area contributed by atoms with Crippen molar-refractivity contribution in [3.05, 3.63) is 46.6 Å². The van der Waals surface area contributed by atoms with E-state index in [9.17, 15) is 9.59 Å². The Kier molecular flexibility index (Phi) is 18.7. The van der Waals surface area contributed by atoms with Gasteiger partial charge < -0.3 is 35.1 Å². The van der Waals surface area contributed by atoms with Crippen LogP contribution in [0.15, 0.2) is 45.9 Å². The molecule has 2 aromatic rings. The van der Waals surface area contributed by atoms with Crippen LogP contribution >= 0.6 is 52.0 Å². The van der Waals surface area contributed by atoms with Crippen LogP contribution in [0.2, 0.25) is 10.0 Å². The summed E-state index contributed by atoms with van der Waals surface area (Å²) >= 11 is 20.6. The van der Waals surface area contributed by atoms with E-state index in [0.717, 1.165) is 9.98 Å². The molecule has 0 aliphatic rings. The molecular formula is C20H29Cl2N2O7PS3. The zero-order valence-corrected chi connectivity index (χ0v) is 24.0. The molecule has 1 aromatic heterocycles. The molecule has 9 nitrogen and oxygen atoms in total. The van der Waals surface area contributed by atoms with Crippen LogP contribution < -0.4 is 11.5 Å². The van der Waals surface area contributed by atoms with Gasteiger partial charge in [0.25, 0.3) is 5.95 Å². The van der Waals surface area contributed by atoms with E-state index in [1.165, 1.54) is 23.7 Å². The lowest BCUT2D eigenvalue weighted by Crippen LogP contribution is -2.31. The van der Waals surface area contributed by atoms with E-state index < -0.39 is 23.6 Å². The molecule has 1 amide bonds. The highest BCUT2D eigenvalue weighted by molar-refractivity contribution is 8.69. The van der Waals surface area contributed by atoms with Crippen molar-refractivity contribution in [3.8, 4) is 5.95 Å². The first-order valence-corrected chi connectivity index (χ1v) is 16.0. The molecule has 1 atom stereocenters. The van der Waals surface area contributed by atoms with Crippen LogP contribution in [0.1, 0.15) is 26.7 Å². The minimum absolute atomic E-state index is 0.0213. The summed E-state index contributed by atoms with van der Waals surface area (Å²) in [5.74, 6) is -1.67. The maximum Gasteiger partial charge on any atom is 0.320 e. The Bertz CT molecular complexity index is 929. The SMILES string of the molecule is CCOP(=S)(OCC)SCSc1cc(Cl)ccc1Cl.NC(=O)CC[C@H](N)C(=O)O.Oc1ccco1. The second-order valence-electron chi connectivity index (χ2n) is 6.15. The second kappa shape index (κ2) is 19.2. The second-order valence-corrected chi connectivity index (χ2v) is 14.7. The number of primary amides is 1. The number of amides is 1. The number of aromatic hydroxyl groups is 1. The quantitative estimate of drug-likeness (QED) is 0.133. The van der Waals surface area contributed by atoms with Crippen molar-refractivity contribution in [3.63, 3.8) is 0 Å². The van der Waals surface area contributed by atoms with E-state index in [2.05, 4.69) is 4.42 Å². The van der Waals surface area contributed by atoms with Gasteiger partial charge in [0.2, 0.25) is 11.6 Å². The van der Waals surface area contributed by atoms with Gasteiger partial charge in [-0.3, -0.25) is 9.59 Å². The van der Waals surface area contributed by atoms with Gasteiger partial charge in [0.05, 0.1) is 29.6 Å². The Morgan fingerprint density at radius 2 is 1.86 bits per heavy atom. The largest absolute Gasteiger partial charge is 0.481 e. The van der Waals surface area contributed by atoms with Crippen molar-refractivity contribution in [2.45, 2.75) is 37.6 Å². The van der Waals surface area contributed by atoms with Crippen LogP contribution in [0.5, 0.6) is 5.95 Å². The van der Waals surface area contributed by atoms with Gasteiger partial charge in [0.15, 0.2) is 0 Å². The van der Waals surface area contributed by atoms with E-state index in [1.54, 1.807) is 30.0 Å². The fourth-order valence-electron chi connectivity index (χ4n) is 1.86. The normalized spacial score (nSPS) is 11.5. The number of rotatable bonds is 12.